The molecule has 2 aromatic heterocycles. The average molecular weight is 559 g/mol. The van der Waals surface area contributed by atoms with Crippen molar-refractivity contribution in [2.45, 2.75) is 59.2 Å². The summed E-state index contributed by atoms with van der Waals surface area (Å²) in [5.41, 5.74) is 6.81. The van der Waals surface area contributed by atoms with Gasteiger partial charge in [0.1, 0.15) is 17.5 Å². The molecule has 212 valence electrons. The SMILES string of the molecule is CC(=O)[C@@H](OC(C)(C)C)c1c(C)cc2nc(C(=O)Cc3ccccc3)ccc2c1-c1ccc2c3c(ccnc13)CCO2. The van der Waals surface area contributed by atoms with Crippen LogP contribution in [-0.2, 0) is 22.4 Å². The summed E-state index contributed by atoms with van der Waals surface area (Å²) in [7, 11) is 0. The highest BCUT2D eigenvalue weighted by Gasteiger charge is 2.31. The highest BCUT2D eigenvalue weighted by molar-refractivity contribution is 6.09. The second-order valence-corrected chi connectivity index (χ2v) is 12.0. The number of ether oxygens (including phenoxy) is 2. The maximum atomic E-state index is 13.3. The zero-order valence-electron chi connectivity index (χ0n) is 24.7. The van der Waals surface area contributed by atoms with Crippen LogP contribution in [0.5, 0.6) is 5.75 Å². The molecular formula is C36H34N2O4. The molecule has 0 unspecified atom stereocenters. The predicted molar refractivity (Wildman–Crippen MR) is 165 cm³/mol. The third-order valence-electron chi connectivity index (χ3n) is 7.68. The molecule has 6 nitrogen and oxygen atoms in total. The molecule has 5 aromatic rings. The lowest BCUT2D eigenvalue weighted by molar-refractivity contribution is -0.138. The van der Waals surface area contributed by atoms with E-state index in [9.17, 15) is 9.59 Å². The number of carbonyl (C=O) groups excluding carboxylic acids is 2. The summed E-state index contributed by atoms with van der Waals surface area (Å²) in [5, 5.41) is 1.82. The van der Waals surface area contributed by atoms with Crippen molar-refractivity contribution < 1.29 is 19.1 Å². The molecule has 1 atom stereocenters. The Bertz CT molecular complexity index is 1840. The van der Waals surface area contributed by atoms with Gasteiger partial charge < -0.3 is 9.47 Å². The maximum Gasteiger partial charge on any atom is 0.185 e. The van der Waals surface area contributed by atoms with Gasteiger partial charge in [-0.05, 0) is 98.8 Å². The van der Waals surface area contributed by atoms with Gasteiger partial charge in [-0.3, -0.25) is 14.6 Å². The lowest BCUT2D eigenvalue weighted by Crippen LogP contribution is -2.27. The highest BCUT2D eigenvalue weighted by Crippen LogP contribution is 2.45. The molecule has 1 aliphatic rings. The first kappa shape index (κ1) is 27.7. The van der Waals surface area contributed by atoms with Crippen LogP contribution < -0.4 is 4.74 Å². The third-order valence-corrected chi connectivity index (χ3v) is 7.68. The number of pyridine rings is 2. The second kappa shape index (κ2) is 10.8. The van der Waals surface area contributed by atoms with Crippen LogP contribution in [0.25, 0.3) is 32.9 Å². The van der Waals surface area contributed by atoms with Gasteiger partial charge in [-0.25, -0.2) is 4.98 Å². The smallest absolute Gasteiger partial charge is 0.185 e. The van der Waals surface area contributed by atoms with Crippen molar-refractivity contribution in [3.63, 3.8) is 0 Å². The van der Waals surface area contributed by atoms with Gasteiger partial charge in [0.15, 0.2) is 11.6 Å². The second-order valence-electron chi connectivity index (χ2n) is 12.0. The van der Waals surface area contributed by atoms with E-state index in [-0.39, 0.29) is 18.0 Å². The minimum Gasteiger partial charge on any atom is -0.493 e. The first-order chi connectivity index (χ1) is 20.1. The molecule has 6 heteroatoms. The number of fused-ring (bicyclic) bond motifs is 1. The first-order valence-electron chi connectivity index (χ1n) is 14.3. The van der Waals surface area contributed by atoms with Crippen LogP contribution in [0.1, 0.15) is 66.5 Å². The van der Waals surface area contributed by atoms with Gasteiger partial charge in [0, 0.05) is 35.4 Å². The van der Waals surface area contributed by atoms with E-state index < -0.39 is 11.7 Å². The molecular weight excluding hydrogens is 524 g/mol. The topological polar surface area (TPSA) is 78.4 Å². The number of hydrogen-bond donors (Lipinski definition) is 0. The van der Waals surface area contributed by atoms with Gasteiger partial charge in [-0.15, -0.1) is 0 Å². The maximum absolute atomic E-state index is 13.3. The Morgan fingerprint density at radius 3 is 2.55 bits per heavy atom. The molecule has 0 N–H and O–H groups in total. The van der Waals surface area contributed by atoms with E-state index in [0.717, 1.165) is 56.3 Å². The van der Waals surface area contributed by atoms with Crippen LogP contribution in [0.2, 0.25) is 0 Å². The van der Waals surface area contributed by atoms with E-state index >= 15 is 0 Å². The molecule has 0 saturated heterocycles. The largest absolute Gasteiger partial charge is 0.493 e. The number of aromatic nitrogens is 2. The zero-order valence-corrected chi connectivity index (χ0v) is 24.7. The van der Waals surface area contributed by atoms with Gasteiger partial charge in [-0.2, -0.15) is 0 Å². The Morgan fingerprint density at radius 1 is 1.02 bits per heavy atom. The summed E-state index contributed by atoms with van der Waals surface area (Å²) < 4.78 is 12.4. The molecule has 1 aliphatic heterocycles. The number of ketones is 2. The Kier molecular flexibility index (Phi) is 7.11. The number of carbonyl (C=O) groups is 2. The van der Waals surface area contributed by atoms with E-state index in [1.54, 1.807) is 13.0 Å². The Labute approximate surface area is 245 Å². The van der Waals surface area contributed by atoms with Gasteiger partial charge in [-0.1, -0.05) is 30.3 Å². The highest BCUT2D eigenvalue weighted by atomic mass is 16.5. The van der Waals surface area contributed by atoms with Crippen molar-refractivity contribution in [3.8, 4) is 16.9 Å². The lowest BCUT2D eigenvalue weighted by atomic mass is 9.85. The van der Waals surface area contributed by atoms with Crippen molar-refractivity contribution in [3.05, 3.63) is 101 Å². The normalized spacial score (nSPS) is 13.6. The number of hydrogen-bond acceptors (Lipinski definition) is 6. The van der Waals surface area contributed by atoms with Gasteiger partial charge in [0.25, 0.3) is 0 Å². The molecule has 0 fully saturated rings. The van der Waals surface area contributed by atoms with Crippen molar-refractivity contribution in [2.24, 2.45) is 0 Å². The quantitative estimate of drug-likeness (QED) is 0.192. The number of nitrogens with zero attached hydrogens (tertiary/aromatic N) is 2. The molecule has 0 radical (unpaired) electrons. The number of rotatable bonds is 7. The summed E-state index contributed by atoms with van der Waals surface area (Å²) in [6.45, 7) is 10.0. The first-order valence-corrected chi connectivity index (χ1v) is 14.3. The van der Waals surface area contributed by atoms with E-state index in [4.69, 9.17) is 19.4 Å². The lowest BCUT2D eigenvalue weighted by Gasteiger charge is -2.30. The van der Waals surface area contributed by atoms with E-state index in [1.165, 1.54) is 5.56 Å². The Hall–Kier alpha value is -4.42. The predicted octanol–water partition coefficient (Wildman–Crippen LogP) is 7.56. The van der Waals surface area contributed by atoms with Crippen LogP contribution in [0.4, 0.5) is 0 Å². The molecule has 0 aliphatic carbocycles. The Morgan fingerprint density at radius 2 is 1.81 bits per heavy atom. The fourth-order valence-electron chi connectivity index (χ4n) is 5.88. The molecule has 3 aromatic carbocycles. The molecule has 0 saturated carbocycles. The van der Waals surface area contributed by atoms with Crippen LogP contribution in [0.15, 0.2) is 72.9 Å². The van der Waals surface area contributed by atoms with Crippen LogP contribution in [0, 0.1) is 6.92 Å². The Balaban J connectivity index is 1.61. The monoisotopic (exact) mass is 558 g/mol. The summed E-state index contributed by atoms with van der Waals surface area (Å²) in [5.74, 6) is 0.669. The molecule has 0 amide bonds. The van der Waals surface area contributed by atoms with Crippen LogP contribution in [-0.4, -0.2) is 33.7 Å². The zero-order chi connectivity index (χ0) is 29.6. The van der Waals surface area contributed by atoms with Crippen LogP contribution >= 0.6 is 0 Å². The van der Waals surface area contributed by atoms with Crippen molar-refractivity contribution >= 4 is 33.4 Å². The van der Waals surface area contributed by atoms with Crippen molar-refractivity contribution in [2.75, 3.05) is 6.61 Å². The number of Topliss-reactive ketones (excluding diaryl/α,β-unsaturated/α-hetero) is 2. The summed E-state index contributed by atoms with van der Waals surface area (Å²) >= 11 is 0. The number of benzene rings is 3. The van der Waals surface area contributed by atoms with E-state index in [2.05, 4.69) is 0 Å². The third kappa shape index (κ3) is 5.19. The molecule has 3 heterocycles. The van der Waals surface area contributed by atoms with Crippen LogP contribution in [0.3, 0.4) is 0 Å². The van der Waals surface area contributed by atoms with Gasteiger partial charge >= 0.3 is 0 Å². The fourth-order valence-corrected chi connectivity index (χ4v) is 5.88. The number of aryl methyl sites for hydroxylation is 1. The van der Waals surface area contributed by atoms with Crippen molar-refractivity contribution in [1.29, 1.82) is 0 Å². The molecule has 6 rings (SSSR count). The summed E-state index contributed by atoms with van der Waals surface area (Å²) in [6.07, 6.45) is 2.11. The standard InChI is InChI=1S/C36H34N2O4/c1-21-19-28-25(11-13-27(38-28)29(40)20-23-9-7-6-8-10-23)33(31(21)35(22(2)39)42-36(3,4)5)26-12-14-30-32-24(16-18-41-30)15-17-37-34(26)32/h6-15,17,19,35H,16,18,20H2,1-5H3/t35-/m1/s1. The minimum absolute atomic E-state index is 0.0514. The van der Waals surface area contributed by atoms with Crippen molar-refractivity contribution in [1.82, 2.24) is 9.97 Å². The summed E-state index contributed by atoms with van der Waals surface area (Å²) in [6, 6.07) is 21.4. The van der Waals surface area contributed by atoms with E-state index in [0.29, 0.717) is 17.8 Å². The fraction of sp³-hybridized carbons (Fsp3) is 0.278. The molecule has 42 heavy (non-hydrogen) atoms. The van der Waals surface area contributed by atoms with Gasteiger partial charge in [0.05, 0.1) is 23.2 Å². The average Bonchev–Trinajstić information content (AvgIpc) is 2.96. The summed E-state index contributed by atoms with van der Waals surface area (Å²) in [4.78, 5) is 36.2. The van der Waals surface area contributed by atoms with Gasteiger partial charge in [0.2, 0.25) is 0 Å². The minimum atomic E-state index is -0.800. The van der Waals surface area contributed by atoms with E-state index in [1.807, 2.05) is 94.6 Å². The molecule has 0 spiro atoms. The molecule has 0 bridgehead atoms.